The predicted octanol–water partition coefficient (Wildman–Crippen LogP) is 1.04. The summed E-state index contributed by atoms with van der Waals surface area (Å²) in [6.07, 6.45) is 2.06. The Morgan fingerprint density at radius 3 is 2.71 bits per heavy atom. The molecule has 0 bridgehead atoms. The monoisotopic (exact) mass is 312 g/mol. The highest BCUT2D eigenvalue weighted by atomic mass is 32.2. The Morgan fingerprint density at radius 1 is 1.24 bits per heavy atom. The van der Waals surface area contributed by atoms with E-state index in [-0.39, 0.29) is 11.7 Å². The van der Waals surface area contributed by atoms with E-state index in [1.807, 2.05) is 0 Å². The van der Waals surface area contributed by atoms with E-state index in [4.69, 9.17) is 9.47 Å². The molecule has 1 N–H and O–H groups in total. The van der Waals surface area contributed by atoms with Crippen molar-refractivity contribution >= 4 is 10.0 Å². The maximum absolute atomic E-state index is 12.3. The van der Waals surface area contributed by atoms with Gasteiger partial charge in [0, 0.05) is 12.6 Å². The Hall–Kier alpha value is -1.31. The third-order valence-electron chi connectivity index (χ3n) is 4.05. The molecule has 21 heavy (non-hydrogen) atoms. The van der Waals surface area contributed by atoms with Crippen LogP contribution in [-0.4, -0.2) is 46.8 Å². The normalized spacial score (nSPS) is 19.9. The molecule has 1 saturated heterocycles. The Labute approximate surface area is 125 Å². The molecule has 2 heterocycles. The Bertz CT molecular complexity index is 609. The van der Waals surface area contributed by atoms with Gasteiger partial charge in [0.25, 0.3) is 0 Å². The molecule has 1 aromatic carbocycles. The van der Waals surface area contributed by atoms with Crippen LogP contribution in [0.1, 0.15) is 12.8 Å². The number of likely N-dealkylation sites (tertiary alicyclic amines) is 1. The molecule has 2 aliphatic rings. The van der Waals surface area contributed by atoms with E-state index >= 15 is 0 Å². The quantitative estimate of drug-likeness (QED) is 0.899. The number of benzene rings is 1. The summed E-state index contributed by atoms with van der Waals surface area (Å²) >= 11 is 0. The molecular formula is C14H20N2O4S. The van der Waals surface area contributed by atoms with E-state index < -0.39 is 10.0 Å². The molecule has 1 fully saturated rings. The lowest BCUT2D eigenvalue weighted by atomic mass is 9.98. The topological polar surface area (TPSA) is 67.9 Å². The minimum absolute atomic E-state index is 0.141. The molecule has 0 saturated carbocycles. The summed E-state index contributed by atoms with van der Waals surface area (Å²) in [4.78, 5) is 2.49. The second-order valence-corrected chi connectivity index (χ2v) is 7.38. The number of hydrogen-bond acceptors (Lipinski definition) is 5. The van der Waals surface area contributed by atoms with Gasteiger partial charge in [-0.05, 0) is 51.0 Å². The summed E-state index contributed by atoms with van der Waals surface area (Å²) in [7, 11) is -1.40. The highest BCUT2D eigenvalue weighted by Gasteiger charge is 2.22. The zero-order valence-electron chi connectivity index (χ0n) is 12.0. The first kappa shape index (κ1) is 14.6. The summed E-state index contributed by atoms with van der Waals surface area (Å²) in [6, 6.07) is 4.69. The van der Waals surface area contributed by atoms with Gasteiger partial charge in [-0.15, -0.1) is 0 Å². The van der Waals surface area contributed by atoms with Gasteiger partial charge in [-0.1, -0.05) is 0 Å². The Morgan fingerprint density at radius 2 is 1.95 bits per heavy atom. The van der Waals surface area contributed by atoms with E-state index in [1.54, 1.807) is 12.1 Å². The molecule has 3 rings (SSSR count). The van der Waals surface area contributed by atoms with Gasteiger partial charge in [0.2, 0.25) is 16.8 Å². The highest BCUT2D eigenvalue weighted by Crippen LogP contribution is 2.33. The molecule has 6 nitrogen and oxygen atoms in total. The second-order valence-electron chi connectivity index (χ2n) is 5.61. The van der Waals surface area contributed by atoms with Crippen molar-refractivity contribution in [3.8, 4) is 11.5 Å². The smallest absolute Gasteiger partial charge is 0.240 e. The third kappa shape index (κ3) is 3.30. The van der Waals surface area contributed by atoms with Crippen molar-refractivity contribution in [1.82, 2.24) is 9.62 Å². The zero-order valence-corrected chi connectivity index (χ0v) is 12.9. The number of hydrogen-bond donors (Lipinski definition) is 1. The lowest BCUT2D eigenvalue weighted by Crippen LogP contribution is -2.36. The van der Waals surface area contributed by atoms with Crippen LogP contribution in [0.5, 0.6) is 11.5 Å². The molecule has 0 amide bonds. The summed E-state index contributed by atoms with van der Waals surface area (Å²) in [5.74, 6) is 1.48. The maximum atomic E-state index is 12.3. The van der Waals surface area contributed by atoms with E-state index in [9.17, 15) is 8.42 Å². The fourth-order valence-corrected chi connectivity index (χ4v) is 3.75. The van der Waals surface area contributed by atoms with Gasteiger partial charge in [0.15, 0.2) is 11.5 Å². The molecule has 0 unspecified atom stereocenters. The van der Waals surface area contributed by atoms with Crippen molar-refractivity contribution in [3.63, 3.8) is 0 Å². The number of nitrogens with one attached hydrogen (secondary N) is 1. The lowest BCUT2D eigenvalue weighted by molar-refractivity contribution is 0.174. The first-order valence-corrected chi connectivity index (χ1v) is 8.61. The fourth-order valence-electron chi connectivity index (χ4n) is 2.62. The van der Waals surface area contributed by atoms with E-state index in [2.05, 4.69) is 16.7 Å². The maximum Gasteiger partial charge on any atom is 0.240 e. The molecular weight excluding hydrogens is 292 g/mol. The number of rotatable bonds is 4. The molecule has 0 atom stereocenters. The van der Waals surface area contributed by atoms with Gasteiger partial charge in [-0.25, -0.2) is 13.1 Å². The van der Waals surface area contributed by atoms with Crippen LogP contribution in [-0.2, 0) is 10.0 Å². The molecule has 1 aromatic rings. The van der Waals surface area contributed by atoms with Gasteiger partial charge in [-0.2, -0.15) is 0 Å². The Kier molecular flexibility index (Phi) is 4.05. The van der Waals surface area contributed by atoms with E-state index in [0.717, 1.165) is 25.9 Å². The van der Waals surface area contributed by atoms with Gasteiger partial charge >= 0.3 is 0 Å². The number of ether oxygens (including phenoxy) is 2. The van der Waals surface area contributed by atoms with E-state index in [0.29, 0.717) is 24.0 Å². The highest BCUT2D eigenvalue weighted by molar-refractivity contribution is 7.89. The number of fused-ring (bicyclic) bond motifs is 1. The summed E-state index contributed by atoms with van der Waals surface area (Å²) in [5, 5.41) is 0. The Balaban J connectivity index is 1.64. The predicted molar refractivity (Wildman–Crippen MR) is 78.0 cm³/mol. The van der Waals surface area contributed by atoms with Gasteiger partial charge < -0.3 is 14.4 Å². The van der Waals surface area contributed by atoms with Crippen LogP contribution in [0.3, 0.4) is 0 Å². The average molecular weight is 312 g/mol. The van der Waals surface area contributed by atoms with Crippen LogP contribution in [0.25, 0.3) is 0 Å². The van der Waals surface area contributed by atoms with Crippen LogP contribution < -0.4 is 14.2 Å². The fraction of sp³-hybridized carbons (Fsp3) is 0.571. The van der Waals surface area contributed by atoms with Crippen molar-refractivity contribution in [2.24, 2.45) is 5.92 Å². The minimum Gasteiger partial charge on any atom is -0.454 e. The van der Waals surface area contributed by atoms with Crippen molar-refractivity contribution in [1.29, 1.82) is 0 Å². The number of piperidine rings is 1. The largest absolute Gasteiger partial charge is 0.454 e. The summed E-state index contributed by atoms with van der Waals surface area (Å²) < 4.78 is 37.8. The number of sulfonamides is 1. The van der Waals surface area contributed by atoms with Crippen molar-refractivity contribution in [2.75, 3.05) is 33.5 Å². The van der Waals surface area contributed by atoms with Gasteiger partial charge in [-0.3, -0.25) is 0 Å². The lowest BCUT2D eigenvalue weighted by Gasteiger charge is -2.28. The van der Waals surface area contributed by atoms with Crippen LogP contribution in [0.15, 0.2) is 23.1 Å². The average Bonchev–Trinajstić information content (AvgIpc) is 2.94. The molecule has 7 heteroatoms. The molecule has 116 valence electrons. The molecule has 0 radical (unpaired) electrons. The van der Waals surface area contributed by atoms with Crippen LogP contribution in [0.2, 0.25) is 0 Å². The van der Waals surface area contributed by atoms with Crippen LogP contribution in [0, 0.1) is 5.92 Å². The van der Waals surface area contributed by atoms with Crippen molar-refractivity contribution < 1.29 is 17.9 Å². The number of nitrogens with zero attached hydrogens (tertiary/aromatic N) is 1. The third-order valence-corrected chi connectivity index (χ3v) is 5.48. The molecule has 0 aliphatic carbocycles. The first-order chi connectivity index (χ1) is 10.0. The minimum atomic E-state index is -3.49. The van der Waals surface area contributed by atoms with E-state index in [1.165, 1.54) is 6.07 Å². The molecule has 0 aromatic heterocycles. The van der Waals surface area contributed by atoms with Gasteiger partial charge in [0.1, 0.15) is 0 Å². The van der Waals surface area contributed by atoms with Crippen molar-refractivity contribution in [3.05, 3.63) is 18.2 Å². The van der Waals surface area contributed by atoms with Crippen molar-refractivity contribution in [2.45, 2.75) is 17.7 Å². The second kappa shape index (κ2) is 5.82. The summed E-state index contributed by atoms with van der Waals surface area (Å²) in [5.41, 5.74) is 0. The zero-order chi connectivity index (χ0) is 14.9. The van der Waals surface area contributed by atoms with Crippen LogP contribution in [0.4, 0.5) is 0 Å². The first-order valence-electron chi connectivity index (χ1n) is 7.12. The molecule has 2 aliphatic heterocycles. The van der Waals surface area contributed by atoms with Gasteiger partial charge in [0.05, 0.1) is 4.90 Å². The summed E-state index contributed by atoms with van der Waals surface area (Å²) in [6.45, 7) is 2.68. The standard InChI is InChI=1S/C14H20N2O4S/c1-16-6-4-11(5-7-16)9-15-21(17,18)12-2-3-13-14(8-12)20-10-19-13/h2-3,8,11,15H,4-7,9-10H2,1H3. The molecule has 0 spiro atoms. The SMILES string of the molecule is CN1CCC(CNS(=O)(=O)c2ccc3c(c2)OCO3)CC1. The van der Waals surface area contributed by atoms with Crippen LogP contribution >= 0.6 is 0 Å².